The third-order valence-corrected chi connectivity index (χ3v) is 4.42. The number of allylic oxidation sites excluding steroid dienone is 2. The monoisotopic (exact) mass is 247 g/mol. The van der Waals surface area contributed by atoms with Crippen molar-refractivity contribution in [3.63, 3.8) is 0 Å². The summed E-state index contributed by atoms with van der Waals surface area (Å²) in [7, 11) is 0. The third kappa shape index (κ3) is 3.58. The Morgan fingerprint density at radius 3 is 2.44 bits per heavy atom. The molecule has 1 heteroatoms. The van der Waals surface area contributed by atoms with Gasteiger partial charge in [0.15, 0.2) is 0 Å². The van der Waals surface area contributed by atoms with Crippen LogP contribution in [0.4, 0.5) is 0 Å². The van der Waals surface area contributed by atoms with Gasteiger partial charge in [-0.2, -0.15) is 0 Å². The first-order valence-corrected chi connectivity index (χ1v) is 7.12. The van der Waals surface area contributed by atoms with E-state index >= 15 is 0 Å². The van der Waals surface area contributed by atoms with Crippen LogP contribution in [-0.4, -0.2) is 6.04 Å². The second-order valence-corrected chi connectivity index (χ2v) is 6.24. The molecule has 1 nitrogen and oxygen atoms in total. The molecule has 102 valence electrons. The predicted octanol–water partition coefficient (Wildman–Crippen LogP) is 4.46. The quantitative estimate of drug-likeness (QED) is 0.660. The molecular weight excluding hydrogens is 218 g/mol. The number of hydrogen-bond donors (Lipinski definition) is 1. The molecule has 1 aliphatic carbocycles. The molecule has 0 spiro atoms. The normalized spacial score (nSPS) is 20.4. The van der Waals surface area contributed by atoms with Crippen LogP contribution >= 0.6 is 0 Å². The van der Waals surface area contributed by atoms with Gasteiger partial charge in [-0.25, -0.2) is 0 Å². The van der Waals surface area contributed by atoms with Gasteiger partial charge in [0, 0.05) is 6.04 Å². The number of rotatable bonds is 7. The van der Waals surface area contributed by atoms with E-state index in [4.69, 9.17) is 5.73 Å². The van der Waals surface area contributed by atoms with Gasteiger partial charge in [-0.05, 0) is 43.4 Å². The molecule has 2 N–H and O–H groups in total. The molecule has 1 rings (SSSR count). The van der Waals surface area contributed by atoms with E-state index < -0.39 is 0 Å². The fraction of sp³-hybridized carbons (Fsp3) is 0.647. The van der Waals surface area contributed by atoms with E-state index in [1.165, 1.54) is 24.8 Å². The number of hydrogen-bond acceptors (Lipinski definition) is 1. The zero-order valence-corrected chi connectivity index (χ0v) is 12.3. The molecule has 0 aliphatic heterocycles. The van der Waals surface area contributed by atoms with Crippen LogP contribution in [0.1, 0.15) is 46.5 Å². The van der Waals surface area contributed by atoms with Crippen LogP contribution in [0.5, 0.6) is 0 Å². The van der Waals surface area contributed by atoms with Crippen molar-refractivity contribution in [2.75, 3.05) is 0 Å². The Hall–Kier alpha value is -0.820. The lowest BCUT2D eigenvalue weighted by molar-refractivity contribution is 0.257. The van der Waals surface area contributed by atoms with Crippen molar-refractivity contribution in [1.29, 1.82) is 0 Å². The highest BCUT2D eigenvalue weighted by atomic mass is 14.6. The minimum atomic E-state index is 0.0367. The first-order valence-electron chi connectivity index (χ1n) is 7.12. The highest BCUT2D eigenvalue weighted by Gasteiger charge is 2.33. The molecule has 0 heterocycles. The van der Waals surface area contributed by atoms with Crippen molar-refractivity contribution in [2.45, 2.75) is 52.5 Å². The molecule has 0 amide bonds. The van der Waals surface area contributed by atoms with Gasteiger partial charge >= 0.3 is 0 Å². The van der Waals surface area contributed by atoms with Gasteiger partial charge < -0.3 is 5.73 Å². The molecular formula is C17H29N. The molecule has 18 heavy (non-hydrogen) atoms. The third-order valence-electron chi connectivity index (χ3n) is 4.42. The summed E-state index contributed by atoms with van der Waals surface area (Å²) in [6.07, 6.45) is 11.2. The molecule has 0 aromatic rings. The summed E-state index contributed by atoms with van der Waals surface area (Å²) in [5, 5.41) is 0. The lowest BCUT2D eigenvalue weighted by Gasteiger charge is -2.39. The van der Waals surface area contributed by atoms with E-state index in [0.717, 1.165) is 12.3 Å². The number of nitrogens with two attached hydrogens (primary N) is 1. The molecule has 0 radical (unpaired) electrons. The molecule has 0 bridgehead atoms. The lowest BCUT2D eigenvalue weighted by Crippen LogP contribution is -2.33. The van der Waals surface area contributed by atoms with E-state index in [9.17, 15) is 0 Å². The van der Waals surface area contributed by atoms with Gasteiger partial charge in [-0.3, -0.25) is 0 Å². The van der Waals surface area contributed by atoms with Crippen molar-refractivity contribution in [1.82, 2.24) is 0 Å². The van der Waals surface area contributed by atoms with Crippen LogP contribution in [0.15, 0.2) is 37.0 Å². The summed E-state index contributed by atoms with van der Waals surface area (Å²) in [6.45, 7) is 14.8. The van der Waals surface area contributed by atoms with Crippen molar-refractivity contribution < 1.29 is 0 Å². The highest BCUT2D eigenvalue weighted by Crippen LogP contribution is 2.44. The van der Waals surface area contributed by atoms with Crippen molar-refractivity contribution in [3.05, 3.63) is 37.0 Å². The lowest BCUT2D eigenvalue weighted by atomic mass is 9.66. The summed E-state index contributed by atoms with van der Waals surface area (Å²) in [4.78, 5) is 0. The Bertz CT molecular complexity index is 321. The smallest absolute Gasteiger partial charge is 0.0285 e. The summed E-state index contributed by atoms with van der Waals surface area (Å²) in [6, 6.07) is 0.0367. The van der Waals surface area contributed by atoms with E-state index in [-0.39, 0.29) is 11.5 Å². The summed E-state index contributed by atoms with van der Waals surface area (Å²) in [5.41, 5.74) is 7.71. The Morgan fingerprint density at radius 1 is 1.44 bits per heavy atom. The molecule has 0 aromatic carbocycles. The van der Waals surface area contributed by atoms with Crippen LogP contribution < -0.4 is 5.73 Å². The Balaban J connectivity index is 2.70. The van der Waals surface area contributed by atoms with E-state index in [1.807, 2.05) is 6.08 Å². The average Bonchev–Trinajstić information content (AvgIpc) is 2.24. The minimum Gasteiger partial charge on any atom is -0.324 e. The van der Waals surface area contributed by atoms with Gasteiger partial charge in [0.25, 0.3) is 0 Å². The van der Waals surface area contributed by atoms with Gasteiger partial charge in [-0.1, -0.05) is 50.6 Å². The molecule has 1 fully saturated rings. The van der Waals surface area contributed by atoms with Crippen LogP contribution in [0, 0.1) is 17.3 Å². The maximum Gasteiger partial charge on any atom is 0.0285 e. The summed E-state index contributed by atoms with van der Waals surface area (Å²) in [5.74, 6) is 1.10. The average molecular weight is 247 g/mol. The predicted molar refractivity (Wildman–Crippen MR) is 81.4 cm³/mol. The fourth-order valence-corrected chi connectivity index (χ4v) is 2.78. The fourth-order valence-electron chi connectivity index (χ4n) is 2.78. The first kappa shape index (κ1) is 15.2. The molecule has 2 atom stereocenters. The summed E-state index contributed by atoms with van der Waals surface area (Å²) >= 11 is 0. The highest BCUT2D eigenvalue weighted by molar-refractivity contribution is 5.15. The molecule has 1 aliphatic rings. The summed E-state index contributed by atoms with van der Waals surface area (Å²) < 4.78 is 0. The van der Waals surface area contributed by atoms with Gasteiger partial charge in [0.05, 0.1) is 0 Å². The Kier molecular flexibility index (Phi) is 5.40. The molecule has 0 saturated heterocycles. The molecule has 1 saturated carbocycles. The maximum absolute atomic E-state index is 6.13. The van der Waals surface area contributed by atoms with Crippen molar-refractivity contribution >= 4 is 0 Å². The van der Waals surface area contributed by atoms with Crippen molar-refractivity contribution in [2.24, 2.45) is 23.0 Å². The second-order valence-electron chi connectivity index (χ2n) is 6.24. The van der Waals surface area contributed by atoms with Gasteiger partial charge in [0.2, 0.25) is 0 Å². The largest absolute Gasteiger partial charge is 0.324 e. The standard InChI is InChI=1S/C17H29N/c1-6-9-15(16(18)7-2)12-17(4,5)13(3)14-10-8-11-14/h6-7,9,14-16H,2-3,8,10-12,18H2,1,4-5H3/b9-6-. The SMILES string of the molecule is C=CC(N)C(/C=C\C)CC(C)(C)C(=C)C1CCC1. The Morgan fingerprint density at radius 2 is 2.06 bits per heavy atom. The zero-order valence-electron chi connectivity index (χ0n) is 12.3. The molecule has 0 aromatic heterocycles. The van der Waals surface area contributed by atoms with E-state index in [0.29, 0.717) is 5.92 Å². The van der Waals surface area contributed by atoms with Gasteiger partial charge in [0.1, 0.15) is 0 Å². The van der Waals surface area contributed by atoms with Crippen molar-refractivity contribution in [3.8, 4) is 0 Å². The van der Waals surface area contributed by atoms with E-state index in [1.54, 1.807) is 0 Å². The Labute approximate surface area is 113 Å². The van der Waals surface area contributed by atoms with Crippen LogP contribution in [-0.2, 0) is 0 Å². The van der Waals surface area contributed by atoms with Crippen LogP contribution in [0.25, 0.3) is 0 Å². The maximum atomic E-state index is 6.13. The van der Waals surface area contributed by atoms with Crippen LogP contribution in [0.2, 0.25) is 0 Å². The molecule has 2 unspecified atom stereocenters. The van der Waals surface area contributed by atoms with Gasteiger partial charge in [-0.15, -0.1) is 6.58 Å². The van der Waals surface area contributed by atoms with Crippen LogP contribution in [0.3, 0.4) is 0 Å². The second kappa shape index (κ2) is 6.38. The first-order chi connectivity index (χ1) is 8.42. The minimum absolute atomic E-state index is 0.0367. The zero-order chi connectivity index (χ0) is 13.8. The van der Waals surface area contributed by atoms with E-state index in [2.05, 4.69) is 46.1 Å². The topological polar surface area (TPSA) is 26.0 Å².